The van der Waals surface area contributed by atoms with Gasteiger partial charge in [-0.1, -0.05) is 19.3 Å². The summed E-state index contributed by atoms with van der Waals surface area (Å²) in [6, 6.07) is 0.249. The molecule has 0 saturated heterocycles. The molecule has 1 aliphatic carbocycles. The average Bonchev–Trinajstić information content (AvgIpc) is 2.16. The van der Waals surface area contributed by atoms with Crippen molar-refractivity contribution in [3.05, 3.63) is 0 Å². The van der Waals surface area contributed by atoms with Crippen LogP contribution in [0.15, 0.2) is 0 Å². The van der Waals surface area contributed by atoms with Crippen LogP contribution in [-0.2, 0) is 4.74 Å². The van der Waals surface area contributed by atoms with Crippen molar-refractivity contribution < 1.29 is 9.53 Å². The van der Waals surface area contributed by atoms with Crippen LogP contribution in [0, 0.1) is 0 Å². The maximum Gasteiger partial charge on any atom is 0.316 e. The fraction of sp³-hybridized carbons (Fsp3) is 0.889. The average molecular weight is 186 g/mol. The van der Waals surface area contributed by atoms with Crippen molar-refractivity contribution in [1.29, 1.82) is 0 Å². The van der Waals surface area contributed by atoms with E-state index in [4.69, 9.17) is 4.74 Å². The predicted molar refractivity (Wildman–Crippen MR) is 50.4 cm³/mol. The van der Waals surface area contributed by atoms with E-state index < -0.39 is 0 Å². The second-order valence-corrected chi connectivity index (χ2v) is 3.42. The normalized spacial score (nSPS) is 18.2. The van der Waals surface area contributed by atoms with Crippen molar-refractivity contribution in [3.8, 4) is 0 Å². The zero-order chi connectivity index (χ0) is 9.52. The predicted octanol–water partition coefficient (Wildman–Crippen LogP) is 1.22. The van der Waals surface area contributed by atoms with Gasteiger partial charge in [0, 0.05) is 13.2 Å². The van der Waals surface area contributed by atoms with E-state index >= 15 is 0 Å². The number of hydrogen-bond acceptors (Lipinski definition) is 2. The number of hydrogen-bond donors (Lipinski definition) is 2. The third-order valence-corrected chi connectivity index (χ3v) is 2.32. The lowest BCUT2D eigenvalue weighted by Gasteiger charge is -2.22. The van der Waals surface area contributed by atoms with Crippen molar-refractivity contribution in [2.45, 2.75) is 38.1 Å². The van der Waals surface area contributed by atoms with Gasteiger partial charge in [0.15, 0.2) is 0 Å². The van der Waals surface area contributed by atoms with E-state index in [2.05, 4.69) is 10.6 Å². The molecule has 4 heteroatoms. The maximum atomic E-state index is 11.2. The van der Waals surface area contributed by atoms with E-state index in [0.717, 1.165) is 12.8 Å². The fourth-order valence-electron chi connectivity index (χ4n) is 1.62. The standard InChI is InChI=1S/C9H18N2O2/c1-13-7-10-9(12)11-8-5-3-2-4-6-8/h8H,2-7H2,1H3,(H2,10,11,12). The molecule has 0 unspecified atom stereocenters. The molecule has 2 amide bonds. The highest BCUT2D eigenvalue weighted by Gasteiger charge is 2.14. The number of nitrogens with one attached hydrogen (secondary N) is 2. The number of methoxy groups -OCH3 is 1. The lowest BCUT2D eigenvalue weighted by molar-refractivity contribution is 0.170. The molecule has 76 valence electrons. The highest BCUT2D eigenvalue weighted by Crippen LogP contribution is 2.16. The molecule has 0 bridgehead atoms. The fourth-order valence-corrected chi connectivity index (χ4v) is 1.62. The summed E-state index contributed by atoms with van der Waals surface area (Å²) >= 11 is 0. The van der Waals surface area contributed by atoms with Crippen molar-refractivity contribution in [2.24, 2.45) is 0 Å². The molecule has 0 heterocycles. The van der Waals surface area contributed by atoms with Crippen molar-refractivity contribution in [1.82, 2.24) is 10.6 Å². The third kappa shape index (κ3) is 4.12. The van der Waals surface area contributed by atoms with Crippen LogP contribution in [0.25, 0.3) is 0 Å². The largest absolute Gasteiger partial charge is 0.364 e. The van der Waals surface area contributed by atoms with Crippen LogP contribution >= 0.6 is 0 Å². The van der Waals surface area contributed by atoms with Crippen LogP contribution in [0.2, 0.25) is 0 Å². The number of ether oxygens (including phenoxy) is 1. The molecule has 0 aromatic carbocycles. The first-order chi connectivity index (χ1) is 6.33. The zero-order valence-electron chi connectivity index (χ0n) is 8.14. The van der Waals surface area contributed by atoms with Gasteiger partial charge in [-0.3, -0.25) is 0 Å². The number of rotatable bonds is 3. The molecule has 4 nitrogen and oxygen atoms in total. The molecule has 1 rings (SSSR count). The Balaban J connectivity index is 2.11. The van der Waals surface area contributed by atoms with E-state index in [1.165, 1.54) is 19.3 Å². The van der Waals surface area contributed by atoms with E-state index in [1.807, 2.05) is 0 Å². The Labute approximate surface area is 79.0 Å². The molecular formula is C9H18N2O2. The van der Waals surface area contributed by atoms with Crippen LogP contribution < -0.4 is 10.6 Å². The van der Waals surface area contributed by atoms with Crippen LogP contribution in [0.1, 0.15) is 32.1 Å². The third-order valence-electron chi connectivity index (χ3n) is 2.32. The van der Waals surface area contributed by atoms with Crippen molar-refractivity contribution >= 4 is 6.03 Å². The van der Waals surface area contributed by atoms with Gasteiger partial charge >= 0.3 is 6.03 Å². The van der Waals surface area contributed by atoms with Gasteiger partial charge in [0.05, 0.1) is 0 Å². The van der Waals surface area contributed by atoms with Crippen molar-refractivity contribution in [2.75, 3.05) is 13.8 Å². The van der Waals surface area contributed by atoms with E-state index in [1.54, 1.807) is 7.11 Å². The summed E-state index contributed by atoms with van der Waals surface area (Å²) in [4.78, 5) is 11.2. The molecule has 0 aromatic rings. The summed E-state index contributed by atoms with van der Waals surface area (Å²) in [5.74, 6) is 0. The first-order valence-electron chi connectivity index (χ1n) is 4.86. The lowest BCUT2D eigenvalue weighted by Crippen LogP contribution is -2.43. The molecular weight excluding hydrogens is 168 g/mol. The molecule has 0 aromatic heterocycles. The molecule has 2 N–H and O–H groups in total. The molecule has 0 spiro atoms. The molecule has 0 aliphatic heterocycles. The minimum atomic E-state index is -0.117. The van der Waals surface area contributed by atoms with Crippen LogP contribution in [0.5, 0.6) is 0 Å². The smallest absolute Gasteiger partial charge is 0.316 e. The minimum Gasteiger partial charge on any atom is -0.364 e. The molecule has 1 aliphatic rings. The quantitative estimate of drug-likeness (QED) is 0.651. The van der Waals surface area contributed by atoms with Gasteiger partial charge in [0.2, 0.25) is 0 Å². The summed E-state index contributed by atoms with van der Waals surface area (Å²) in [5.41, 5.74) is 0. The van der Waals surface area contributed by atoms with Crippen molar-refractivity contribution in [3.63, 3.8) is 0 Å². The van der Waals surface area contributed by atoms with Gasteiger partial charge < -0.3 is 15.4 Å². The maximum absolute atomic E-state index is 11.2. The Morgan fingerprint density at radius 3 is 2.69 bits per heavy atom. The van der Waals surface area contributed by atoms with Crippen LogP contribution in [0.3, 0.4) is 0 Å². The number of carbonyl (C=O) groups is 1. The van der Waals surface area contributed by atoms with Gasteiger partial charge in [0.1, 0.15) is 6.73 Å². The van der Waals surface area contributed by atoms with Gasteiger partial charge in [-0.25, -0.2) is 4.79 Å². The Kier molecular flexibility index (Phi) is 4.60. The number of carbonyl (C=O) groups excluding carboxylic acids is 1. The Hall–Kier alpha value is -0.770. The van der Waals surface area contributed by atoms with Gasteiger partial charge in [-0.15, -0.1) is 0 Å². The SMILES string of the molecule is COCNC(=O)NC1CCCCC1. The van der Waals surface area contributed by atoms with Crippen LogP contribution in [-0.4, -0.2) is 25.9 Å². The number of urea groups is 1. The van der Waals surface area contributed by atoms with Gasteiger partial charge in [-0.2, -0.15) is 0 Å². The topological polar surface area (TPSA) is 50.4 Å². The molecule has 0 radical (unpaired) electrons. The first kappa shape index (κ1) is 10.3. The zero-order valence-corrected chi connectivity index (χ0v) is 8.14. The highest BCUT2D eigenvalue weighted by atomic mass is 16.5. The van der Waals surface area contributed by atoms with Crippen LogP contribution in [0.4, 0.5) is 4.79 Å². The monoisotopic (exact) mass is 186 g/mol. The Morgan fingerprint density at radius 2 is 2.08 bits per heavy atom. The summed E-state index contributed by atoms with van der Waals surface area (Å²) in [5, 5.41) is 5.53. The van der Waals surface area contributed by atoms with E-state index in [9.17, 15) is 4.79 Å². The van der Waals surface area contributed by atoms with E-state index in [0.29, 0.717) is 6.04 Å². The minimum absolute atomic E-state index is 0.117. The summed E-state index contributed by atoms with van der Waals surface area (Å²) in [7, 11) is 1.56. The Bertz CT molecular complexity index is 156. The molecule has 13 heavy (non-hydrogen) atoms. The Morgan fingerprint density at radius 1 is 1.38 bits per heavy atom. The van der Waals surface area contributed by atoms with Gasteiger partial charge in [0.25, 0.3) is 0 Å². The second-order valence-electron chi connectivity index (χ2n) is 3.42. The summed E-state index contributed by atoms with van der Waals surface area (Å²) < 4.78 is 4.73. The summed E-state index contributed by atoms with van der Waals surface area (Å²) in [6.45, 7) is 0.276. The lowest BCUT2D eigenvalue weighted by atomic mass is 9.96. The van der Waals surface area contributed by atoms with Gasteiger partial charge in [-0.05, 0) is 12.8 Å². The molecule has 0 atom stereocenters. The molecule has 1 saturated carbocycles. The number of amides is 2. The molecule has 1 fully saturated rings. The second kappa shape index (κ2) is 5.80. The first-order valence-corrected chi connectivity index (χ1v) is 4.86. The summed E-state index contributed by atoms with van der Waals surface area (Å²) in [6.07, 6.45) is 5.99. The highest BCUT2D eigenvalue weighted by molar-refractivity contribution is 5.73. The van der Waals surface area contributed by atoms with E-state index in [-0.39, 0.29) is 12.8 Å².